The predicted octanol–water partition coefficient (Wildman–Crippen LogP) is 1.21. The summed E-state index contributed by atoms with van der Waals surface area (Å²) in [7, 11) is 0. The minimum absolute atomic E-state index is 0. The van der Waals surface area contributed by atoms with E-state index in [0.717, 1.165) is 0 Å². The fourth-order valence-corrected chi connectivity index (χ4v) is 0.761. The van der Waals surface area contributed by atoms with Crippen molar-refractivity contribution in [2.24, 2.45) is 5.73 Å². The van der Waals surface area contributed by atoms with Gasteiger partial charge in [0, 0.05) is 0 Å². The summed E-state index contributed by atoms with van der Waals surface area (Å²) in [5.74, 6) is -0.751. The van der Waals surface area contributed by atoms with Crippen molar-refractivity contribution in [1.29, 1.82) is 0 Å². The molecule has 7 heteroatoms. The van der Waals surface area contributed by atoms with Crippen molar-refractivity contribution in [3.05, 3.63) is 0 Å². The van der Waals surface area contributed by atoms with Crippen LogP contribution >= 0.6 is 12.4 Å². The number of nitrogens with one attached hydrogen (secondary N) is 1. The van der Waals surface area contributed by atoms with Crippen LogP contribution in [0.1, 0.15) is 19.8 Å². The van der Waals surface area contributed by atoms with Gasteiger partial charge in [0.1, 0.15) is 6.54 Å². The van der Waals surface area contributed by atoms with Crippen LogP contribution in [0.15, 0.2) is 0 Å². The number of amides is 1. The smallest absolute Gasteiger partial charge is 0.346 e. The zero-order valence-corrected chi connectivity index (χ0v) is 8.54. The Bertz CT molecular complexity index is 175. The van der Waals surface area contributed by atoms with Gasteiger partial charge in [-0.15, -0.1) is 12.4 Å². The van der Waals surface area contributed by atoms with E-state index in [1.54, 1.807) is 12.2 Å². The molecule has 0 bridgehead atoms. The maximum Gasteiger partial charge on any atom is 0.405 e. The summed E-state index contributed by atoms with van der Waals surface area (Å²) in [5, 5.41) is 1.72. The summed E-state index contributed by atoms with van der Waals surface area (Å²) in [6.07, 6.45) is -3.31. The second kappa shape index (κ2) is 6.89. The van der Waals surface area contributed by atoms with Gasteiger partial charge in [-0.25, -0.2) is 0 Å². The van der Waals surface area contributed by atoms with Gasteiger partial charge in [0.2, 0.25) is 5.91 Å². The molecule has 0 aliphatic heterocycles. The molecule has 14 heavy (non-hydrogen) atoms. The molecule has 1 amide bonds. The fraction of sp³-hybridized carbons (Fsp3) is 0.857. The van der Waals surface area contributed by atoms with Crippen molar-refractivity contribution in [1.82, 2.24) is 5.32 Å². The van der Waals surface area contributed by atoms with E-state index in [9.17, 15) is 18.0 Å². The van der Waals surface area contributed by atoms with Crippen molar-refractivity contribution in [3.63, 3.8) is 0 Å². The standard InChI is InChI=1S/C7H13F3N2O.ClH/c1-2-3-5(11)6(13)12-4-7(8,9)10;/h5H,2-4,11H2,1H3,(H,12,13);1H. The molecule has 3 N–H and O–H groups in total. The molecule has 1 atom stereocenters. The Morgan fingerprint density at radius 1 is 1.50 bits per heavy atom. The summed E-state index contributed by atoms with van der Waals surface area (Å²) in [4.78, 5) is 10.8. The Labute approximate surface area is 86.6 Å². The third kappa shape index (κ3) is 8.12. The van der Waals surface area contributed by atoms with Crippen LogP contribution < -0.4 is 11.1 Å². The van der Waals surface area contributed by atoms with Crippen molar-refractivity contribution in [2.45, 2.75) is 32.0 Å². The molecule has 0 aromatic carbocycles. The van der Waals surface area contributed by atoms with Crippen LogP contribution in [0.5, 0.6) is 0 Å². The van der Waals surface area contributed by atoms with Crippen LogP contribution in [-0.2, 0) is 4.79 Å². The first kappa shape index (κ1) is 16.0. The van der Waals surface area contributed by atoms with E-state index < -0.39 is 24.7 Å². The van der Waals surface area contributed by atoms with E-state index >= 15 is 0 Å². The molecule has 0 aromatic rings. The molecular formula is C7H14ClF3N2O. The Morgan fingerprint density at radius 2 is 2.00 bits per heavy atom. The largest absolute Gasteiger partial charge is 0.405 e. The molecule has 0 saturated heterocycles. The van der Waals surface area contributed by atoms with Crippen LogP contribution in [0, 0.1) is 0 Å². The van der Waals surface area contributed by atoms with Gasteiger partial charge in [-0.3, -0.25) is 4.79 Å². The lowest BCUT2D eigenvalue weighted by atomic mass is 10.2. The summed E-state index contributed by atoms with van der Waals surface area (Å²) < 4.78 is 34.8. The molecule has 0 aromatic heterocycles. The van der Waals surface area contributed by atoms with E-state index in [4.69, 9.17) is 5.73 Å². The quantitative estimate of drug-likeness (QED) is 0.768. The van der Waals surface area contributed by atoms with Gasteiger partial charge >= 0.3 is 6.18 Å². The molecule has 1 unspecified atom stereocenters. The average Bonchev–Trinajstić information content (AvgIpc) is 1.99. The Hall–Kier alpha value is -0.490. The topological polar surface area (TPSA) is 55.1 Å². The zero-order valence-electron chi connectivity index (χ0n) is 7.73. The molecule has 0 saturated carbocycles. The van der Waals surface area contributed by atoms with E-state index in [1.807, 2.05) is 0 Å². The second-order valence-corrected chi connectivity index (χ2v) is 2.73. The minimum Gasteiger partial charge on any atom is -0.346 e. The fourth-order valence-electron chi connectivity index (χ4n) is 0.761. The molecule has 0 radical (unpaired) electrons. The molecule has 0 spiro atoms. The van der Waals surface area contributed by atoms with Gasteiger partial charge in [-0.05, 0) is 6.42 Å². The van der Waals surface area contributed by atoms with Gasteiger partial charge in [-0.2, -0.15) is 13.2 Å². The lowest BCUT2D eigenvalue weighted by molar-refractivity contribution is -0.139. The van der Waals surface area contributed by atoms with Gasteiger partial charge in [0.05, 0.1) is 6.04 Å². The van der Waals surface area contributed by atoms with Gasteiger partial charge in [0.25, 0.3) is 0 Å². The first-order valence-electron chi connectivity index (χ1n) is 3.97. The first-order chi connectivity index (χ1) is 5.87. The lowest BCUT2D eigenvalue weighted by Gasteiger charge is -2.12. The summed E-state index contributed by atoms with van der Waals surface area (Å²) in [6, 6.07) is -0.840. The molecule has 0 aliphatic carbocycles. The normalized spacial score (nSPS) is 12.9. The molecule has 0 aliphatic rings. The molecule has 0 fully saturated rings. The van der Waals surface area contributed by atoms with Crippen molar-refractivity contribution in [3.8, 4) is 0 Å². The van der Waals surface area contributed by atoms with Crippen LogP contribution in [0.3, 0.4) is 0 Å². The highest BCUT2D eigenvalue weighted by atomic mass is 35.5. The number of hydrogen-bond donors (Lipinski definition) is 2. The van der Waals surface area contributed by atoms with Crippen molar-refractivity contribution < 1.29 is 18.0 Å². The summed E-state index contributed by atoms with van der Waals surface area (Å²) in [6.45, 7) is 0.486. The maximum atomic E-state index is 11.6. The highest BCUT2D eigenvalue weighted by molar-refractivity contribution is 5.85. The SMILES string of the molecule is CCCC(N)C(=O)NCC(F)(F)F.Cl. The lowest BCUT2D eigenvalue weighted by Crippen LogP contribution is -2.44. The number of nitrogens with two attached hydrogens (primary N) is 1. The van der Waals surface area contributed by atoms with Gasteiger partial charge in [0.15, 0.2) is 0 Å². The van der Waals surface area contributed by atoms with E-state index in [-0.39, 0.29) is 12.4 Å². The number of hydrogen-bond acceptors (Lipinski definition) is 2. The third-order valence-corrected chi connectivity index (χ3v) is 1.40. The number of rotatable bonds is 4. The van der Waals surface area contributed by atoms with Crippen LogP contribution in [-0.4, -0.2) is 24.7 Å². The highest BCUT2D eigenvalue weighted by Gasteiger charge is 2.28. The molecular weight excluding hydrogens is 221 g/mol. The molecule has 0 rings (SSSR count). The Balaban J connectivity index is 0. The summed E-state index contributed by atoms with van der Waals surface area (Å²) in [5.41, 5.74) is 5.28. The maximum absolute atomic E-state index is 11.6. The van der Waals surface area contributed by atoms with E-state index in [1.165, 1.54) is 0 Å². The second-order valence-electron chi connectivity index (χ2n) is 2.73. The van der Waals surface area contributed by atoms with Gasteiger partial charge in [-0.1, -0.05) is 13.3 Å². The minimum atomic E-state index is -4.37. The number of carbonyl (C=O) groups is 1. The van der Waals surface area contributed by atoms with Crippen LogP contribution in [0.25, 0.3) is 0 Å². The Kier molecular flexibility index (Phi) is 7.85. The average molecular weight is 235 g/mol. The third-order valence-electron chi connectivity index (χ3n) is 1.40. The van der Waals surface area contributed by atoms with Crippen LogP contribution in [0.4, 0.5) is 13.2 Å². The zero-order chi connectivity index (χ0) is 10.5. The molecule has 86 valence electrons. The number of carbonyl (C=O) groups excluding carboxylic acids is 1. The molecule has 3 nitrogen and oxygen atoms in total. The first-order valence-corrected chi connectivity index (χ1v) is 3.97. The predicted molar refractivity (Wildman–Crippen MR) is 49.2 cm³/mol. The Morgan fingerprint density at radius 3 is 2.36 bits per heavy atom. The van der Waals surface area contributed by atoms with Gasteiger partial charge < -0.3 is 11.1 Å². The number of alkyl halides is 3. The van der Waals surface area contributed by atoms with Crippen molar-refractivity contribution >= 4 is 18.3 Å². The molecule has 0 heterocycles. The number of halogens is 4. The summed E-state index contributed by atoms with van der Waals surface area (Å²) >= 11 is 0. The van der Waals surface area contributed by atoms with E-state index in [0.29, 0.717) is 12.8 Å². The van der Waals surface area contributed by atoms with Crippen LogP contribution in [0.2, 0.25) is 0 Å². The highest BCUT2D eigenvalue weighted by Crippen LogP contribution is 2.12. The monoisotopic (exact) mass is 234 g/mol. The van der Waals surface area contributed by atoms with E-state index in [2.05, 4.69) is 0 Å². The van der Waals surface area contributed by atoms with Crippen molar-refractivity contribution in [2.75, 3.05) is 6.54 Å².